The third kappa shape index (κ3) is 15.9. The Morgan fingerprint density at radius 3 is 1.48 bits per heavy atom. The van der Waals surface area contributed by atoms with Crippen LogP contribution in [0.3, 0.4) is 0 Å². The number of aromatic nitrogens is 2. The van der Waals surface area contributed by atoms with Crippen LogP contribution in [0.2, 0.25) is 0 Å². The molecule has 0 saturated heterocycles. The molecule has 3 rings (SSSR count). The zero-order chi connectivity index (χ0) is 34.0. The van der Waals surface area contributed by atoms with E-state index in [1.165, 1.54) is 165 Å². The molecular weight excluding hydrogens is 581 g/mol. The minimum absolute atomic E-state index is 0.00789. The van der Waals surface area contributed by atoms with Crippen molar-refractivity contribution in [3.63, 3.8) is 0 Å². The Balaban J connectivity index is 1.55. The second-order valence-electron chi connectivity index (χ2n) is 15.3. The number of hydrogen-bond acceptors (Lipinski definition) is 0. The summed E-state index contributed by atoms with van der Waals surface area (Å²) in [6.07, 6.45) is 41.6. The lowest BCUT2D eigenvalue weighted by atomic mass is 9.70. The summed E-state index contributed by atoms with van der Waals surface area (Å²) in [4.78, 5) is 0. The molecule has 0 radical (unpaired) electrons. The third-order valence-corrected chi connectivity index (χ3v) is 11.0. The quantitative estimate of drug-likeness (QED) is 0.0499. The summed E-state index contributed by atoms with van der Waals surface area (Å²) in [5, 5.41) is 0. The lowest BCUT2D eigenvalue weighted by Crippen LogP contribution is -2.38. The first-order chi connectivity index (χ1) is 23.7. The van der Waals surface area contributed by atoms with Crippen molar-refractivity contribution < 1.29 is 4.57 Å². The minimum Gasteiger partial charge on any atom is -0.237 e. The topological polar surface area (TPSA) is 8.81 Å². The Morgan fingerprint density at radius 2 is 0.979 bits per heavy atom. The van der Waals surface area contributed by atoms with E-state index in [0.29, 0.717) is 6.04 Å². The van der Waals surface area contributed by atoms with E-state index in [-0.39, 0.29) is 5.41 Å². The zero-order valence-corrected chi connectivity index (χ0v) is 31.9. The molecule has 3 aromatic rings. The summed E-state index contributed by atoms with van der Waals surface area (Å²) in [6.45, 7) is 8.29. The summed E-state index contributed by atoms with van der Waals surface area (Å²) in [7, 11) is 0. The van der Waals surface area contributed by atoms with Gasteiger partial charge in [0.05, 0.1) is 6.54 Å². The van der Waals surface area contributed by atoms with Gasteiger partial charge in [-0.25, -0.2) is 9.13 Å². The molecule has 2 unspecified atom stereocenters. The van der Waals surface area contributed by atoms with Crippen LogP contribution in [0.5, 0.6) is 0 Å². The highest BCUT2D eigenvalue weighted by Gasteiger charge is 2.40. The number of imidazole rings is 1. The lowest BCUT2D eigenvalue weighted by Gasteiger charge is -2.37. The zero-order valence-electron chi connectivity index (χ0n) is 31.9. The van der Waals surface area contributed by atoms with Crippen molar-refractivity contribution in [1.82, 2.24) is 4.57 Å². The number of nitrogens with zero attached hydrogens (tertiary/aromatic N) is 2. The first kappa shape index (κ1) is 40.1. The van der Waals surface area contributed by atoms with Crippen LogP contribution in [0.25, 0.3) is 0 Å². The molecule has 2 nitrogen and oxygen atoms in total. The summed E-state index contributed by atoms with van der Waals surface area (Å²) < 4.78 is 5.06. The smallest absolute Gasteiger partial charge is 0.237 e. The third-order valence-electron chi connectivity index (χ3n) is 11.0. The summed E-state index contributed by atoms with van der Waals surface area (Å²) in [5.74, 6) is 0. The van der Waals surface area contributed by atoms with Gasteiger partial charge in [0, 0.05) is 5.41 Å². The van der Waals surface area contributed by atoms with Crippen molar-refractivity contribution in [2.45, 2.75) is 199 Å². The second-order valence-corrected chi connectivity index (χ2v) is 15.3. The predicted molar refractivity (Wildman–Crippen MR) is 210 cm³/mol. The van der Waals surface area contributed by atoms with E-state index in [4.69, 9.17) is 0 Å². The maximum Gasteiger partial charge on any atom is 0.244 e. The molecule has 0 aliphatic rings. The van der Waals surface area contributed by atoms with Crippen LogP contribution in [0.4, 0.5) is 0 Å². The number of aryl methyl sites for hydroxylation is 1. The van der Waals surface area contributed by atoms with E-state index in [1.807, 2.05) is 0 Å². The van der Waals surface area contributed by atoms with Crippen LogP contribution in [0.1, 0.15) is 192 Å². The molecule has 2 aromatic carbocycles. The van der Waals surface area contributed by atoms with Crippen molar-refractivity contribution in [2.75, 3.05) is 0 Å². The normalized spacial score (nSPS) is 13.5. The van der Waals surface area contributed by atoms with Crippen molar-refractivity contribution in [3.8, 4) is 0 Å². The molecule has 0 aliphatic carbocycles. The molecular formula is C46H75N2+. The minimum atomic E-state index is 0.00789. The Bertz CT molecular complexity index is 1140. The van der Waals surface area contributed by atoms with Gasteiger partial charge in [-0.05, 0) is 43.2 Å². The van der Waals surface area contributed by atoms with Crippen LogP contribution in [0, 0.1) is 0 Å². The van der Waals surface area contributed by atoms with E-state index in [1.54, 1.807) is 0 Å². The predicted octanol–water partition coefficient (Wildman–Crippen LogP) is 13.9. The average Bonchev–Trinajstić information content (AvgIpc) is 3.58. The molecule has 268 valence electrons. The van der Waals surface area contributed by atoms with Crippen LogP contribution < -0.4 is 4.57 Å². The molecule has 0 N–H and O–H groups in total. The Morgan fingerprint density at radius 1 is 0.542 bits per heavy atom. The Kier molecular flexibility index (Phi) is 21.4. The molecule has 0 amide bonds. The van der Waals surface area contributed by atoms with Gasteiger partial charge in [0.25, 0.3) is 0 Å². The van der Waals surface area contributed by atoms with E-state index in [9.17, 15) is 0 Å². The van der Waals surface area contributed by atoms with Crippen LogP contribution >= 0.6 is 0 Å². The molecule has 0 spiro atoms. The fourth-order valence-corrected chi connectivity index (χ4v) is 7.91. The van der Waals surface area contributed by atoms with Crippen molar-refractivity contribution in [2.24, 2.45) is 0 Å². The second kappa shape index (κ2) is 25.6. The first-order valence-electron chi connectivity index (χ1n) is 20.8. The molecule has 1 aromatic heterocycles. The largest absolute Gasteiger partial charge is 0.244 e. The van der Waals surface area contributed by atoms with E-state index in [2.05, 4.69) is 109 Å². The summed E-state index contributed by atoms with van der Waals surface area (Å²) in [6, 6.07) is 23.0. The highest BCUT2D eigenvalue weighted by molar-refractivity contribution is 5.30. The van der Waals surface area contributed by atoms with Gasteiger partial charge in [0.15, 0.2) is 0 Å². The SMILES string of the molecule is CCCCCCCCCCCCCC[n+]1ccn(C(CCCCCCCCCCCCC)C(C)(Cc2ccccc2)c2ccccc2)c1. The highest BCUT2D eigenvalue weighted by atomic mass is 15.1. The molecule has 0 bridgehead atoms. The maximum absolute atomic E-state index is 2.59. The van der Waals surface area contributed by atoms with Gasteiger partial charge in [-0.15, -0.1) is 0 Å². The highest BCUT2D eigenvalue weighted by Crippen LogP contribution is 2.41. The van der Waals surface area contributed by atoms with Gasteiger partial charge >= 0.3 is 0 Å². The van der Waals surface area contributed by atoms with E-state index >= 15 is 0 Å². The summed E-state index contributed by atoms with van der Waals surface area (Å²) in [5.41, 5.74) is 2.90. The van der Waals surface area contributed by atoms with E-state index in [0.717, 1.165) is 13.0 Å². The molecule has 0 fully saturated rings. The lowest BCUT2D eigenvalue weighted by molar-refractivity contribution is -0.697. The Hall–Kier alpha value is -2.35. The van der Waals surface area contributed by atoms with Gasteiger partial charge in [0.1, 0.15) is 18.4 Å². The molecule has 0 aliphatic heterocycles. The number of rotatable bonds is 30. The Labute approximate surface area is 298 Å². The number of hydrogen-bond donors (Lipinski definition) is 0. The molecule has 2 heteroatoms. The monoisotopic (exact) mass is 656 g/mol. The van der Waals surface area contributed by atoms with Gasteiger partial charge in [-0.2, -0.15) is 0 Å². The fourth-order valence-electron chi connectivity index (χ4n) is 7.91. The van der Waals surface area contributed by atoms with Gasteiger partial charge < -0.3 is 0 Å². The van der Waals surface area contributed by atoms with Gasteiger partial charge in [0.2, 0.25) is 6.33 Å². The standard InChI is InChI=1S/C46H75N2/c1-4-6-8-10-12-14-16-18-20-22-24-32-38-47-39-40-48(42-47)45(37-31-23-21-19-17-15-13-11-9-7-5-2)46(3,44-35-29-26-30-36-44)41-43-33-27-25-28-34-43/h25-30,33-36,39-40,42,45H,4-24,31-32,37-38,41H2,1-3H3/q+1. The number of benzene rings is 2. The first-order valence-corrected chi connectivity index (χ1v) is 20.8. The van der Waals surface area contributed by atoms with Crippen LogP contribution in [-0.4, -0.2) is 4.57 Å². The molecule has 48 heavy (non-hydrogen) atoms. The summed E-state index contributed by atoms with van der Waals surface area (Å²) >= 11 is 0. The maximum atomic E-state index is 2.59. The van der Waals surface area contributed by atoms with E-state index < -0.39 is 0 Å². The molecule has 1 heterocycles. The molecule has 2 atom stereocenters. The number of unbranched alkanes of at least 4 members (excludes halogenated alkanes) is 21. The van der Waals surface area contributed by atoms with Crippen molar-refractivity contribution >= 4 is 0 Å². The fraction of sp³-hybridized carbons (Fsp3) is 0.674. The van der Waals surface area contributed by atoms with Crippen molar-refractivity contribution in [3.05, 3.63) is 90.5 Å². The average molecular weight is 656 g/mol. The van der Waals surface area contributed by atoms with Gasteiger partial charge in [-0.3, -0.25) is 0 Å². The molecule has 0 saturated carbocycles. The van der Waals surface area contributed by atoms with Gasteiger partial charge in [-0.1, -0.05) is 210 Å². The van der Waals surface area contributed by atoms with Crippen LogP contribution in [0.15, 0.2) is 79.4 Å². The van der Waals surface area contributed by atoms with Crippen LogP contribution in [-0.2, 0) is 18.4 Å². The van der Waals surface area contributed by atoms with Crippen molar-refractivity contribution in [1.29, 1.82) is 0 Å².